The van der Waals surface area contributed by atoms with Gasteiger partial charge in [-0.2, -0.15) is 0 Å². The molecule has 3 amide bonds. The fourth-order valence-corrected chi connectivity index (χ4v) is 5.84. The highest BCUT2D eigenvalue weighted by Gasteiger charge is 2.47. The van der Waals surface area contributed by atoms with Gasteiger partial charge in [0.2, 0.25) is 17.7 Å². The van der Waals surface area contributed by atoms with E-state index in [0.29, 0.717) is 5.69 Å². The number of sulfonamides is 1. The summed E-state index contributed by atoms with van der Waals surface area (Å²) in [5.41, 5.74) is 0.422. The Kier molecular flexibility index (Phi) is 6.05. The van der Waals surface area contributed by atoms with E-state index in [0.717, 1.165) is 25.7 Å². The van der Waals surface area contributed by atoms with Crippen molar-refractivity contribution < 1.29 is 22.8 Å². The first-order valence-electron chi connectivity index (χ1n) is 10.0. The highest BCUT2D eigenvalue weighted by atomic mass is 32.2. The number of hydrogen-bond donors (Lipinski definition) is 2. The second-order valence-electron chi connectivity index (χ2n) is 7.59. The lowest BCUT2D eigenvalue weighted by Gasteiger charge is -2.19. The number of carbonyl (C=O) groups is 3. The fourth-order valence-electron chi connectivity index (χ4n) is 4.05. The molecule has 1 saturated carbocycles. The van der Waals surface area contributed by atoms with Gasteiger partial charge in [-0.1, -0.05) is 12.8 Å². The summed E-state index contributed by atoms with van der Waals surface area (Å²) in [6.45, 7) is 0.0562. The van der Waals surface area contributed by atoms with Crippen molar-refractivity contribution in [2.24, 2.45) is 11.8 Å². The Morgan fingerprint density at radius 2 is 1.74 bits per heavy atom. The third-order valence-corrected chi connectivity index (χ3v) is 7.77. The molecule has 1 aromatic heterocycles. The van der Waals surface area contributed by atoms with Gasteiger partial charge in [-0.25, -0.2) is 13.4 Å². The molecular formula is C20H22N4O5S2. The van der Waals surface area contributed by atoms with Crippen LogP contribution in [0, 0.1) is 11.8 Å². The van der Waals surface area contributed by atoms with E-state index in [2.05, 4.69) is 15.0 Å². The molecule has 11 heteroatoms. The molecule has 0 radical (unpaired) electrons. The standard InChI is InChI=1S/C20H22N4O5S2/c25-17(9-11-24-18(26)15-3-1-2-4-16(15)19(24)27)22-13-5-7-14(8-6-13)31(28,29)23-20-21-10-12-30-20/h5-8,10,12,15-16H,1-4,9,11H2,(H,21,23)(H,22,25)/t15-,16-/m1/s1. The predicted octanol–water partition coefficient (Wildman–Crippen LogP) is 2.45. The van der Waals surface area contributed by atoms with Gasteiger partial charge in [0.25, 0.3) is 10.0 Å². The van der Waals surface area contributed by atoms with Crippen LogP contribution in [0.1, 0.15) is 32.1 Å². The van der Waals surface area contributed by atoms with Crippen molar-refractivity contribution in [2.75, 3.05) is 16.6 Å². The Bertz CT molecular complexity index is 1060. The second kappa shape index (κ2) is 8.75. The lowest BCUT2D eigenvalue weighted by molar-refractivity contribution is -0.140. The molecule has 1 aromatic carbocycles. The van der Waals surface area contributed by atoms with E-state index in [9.17, 15) is 22.8 Å². The molecule has 0 unspecified atom stereocenters. The minimum atomic E-state index is -3.77. The lowest BCUT2D eigenvalue weighted by atomic mass is 9.81. The van der Waals surface area contributed by atoms with Gasteiger partial charge in [0.15, 0.2) is 5.13 Å². The van der Waals surface area contributed by atoms with Crippen LogP contribution >= 0.6 is 11.3 Å². The molecular weight excluding hydrogens is 440 g/mol. The van der Waals surface area contributed by atoms with Crippen LogP contribution < -0.4 is 10.0 Å². The van der Waals surface area contributed by atoms with Crippen LogP contribution in [0.5, 0.6) is 0 Å². The number of amides is 3. The van der Waals surface area contributed by atoms with E-state index in [4.69, 9.17) is 0 Å². The summed E-state index contributed by atoms with van der Waals surface area (Å²) >= 11 is 1.17. The van der Waals surface area contributed by atoms with Gasteiger partial charge < -0.3 is 5.32 Å². The van der Waals surface area contributed by atoms with Gasteiger partial charge in [-0.15, -0.1) is 11.3 Å². The Balaban J connectivity index is 1.32. The zero-order valence-electron chi connectivity index (χ0n) is 16.6. The Hall–Kier alpha value is -2.79. The van der Waals surface area contributed by atoms with E-state index in [1.165, 1.54) is 46.7 Å². The number of nitrogens with one attached hydrogen (secondary N) is 2. The zero-order valence-corrected chi connectivity index (χ0v) is 18.2. The number of carbonyl (C=O) groups excluding carboxylic acids is 3. The van der Waals surface area contributed by atoms with Crippen molar-refractivity contribution in [3.63, 3.8) is 0 Å². The van der Waals surface area contributed by atoms with Crippen LogP contribution in [-0.4, -0.2) is 42.6 Å². The molecule has 9 nitrogen and oxygen atoms in total. The monoisotopic (exact) mass is 462 g/mol. The van der Waals surface area contributed by atoms with Crippen LogP contribution in [0.15, 0.2) is 40.7 Å². The topological polar surface area (TPSA) is 126 Å². The zero-order chi connectivity index (χ0) is 22.0. The average molecular weight is 463 g/mol. The number of likely N-dealkylation sites (tertiary alicyclic amines) is 1. The first kappa shape index (κ1) is 21.4. The molecule has 2 fully saturated rings. The number of benzene rings is 1. The van der Waals surface area contributed by atoms with Crippen molar-refractivity contribution in [2.45, 2.75) is 37.0 Å². The summed E-state index contributed by atoms with van der Waals surface area (Å²) in [4.78, 5) is 42.4. The van der Waals surface area contributed by atoms with Crippen molar-refractivity contribution in [3.05, 3.63) is 35.8 Å². The maximum atomic E-state index is 12.5. The molecule has 1 aliphatic heterocycles. The number of aromatic nitrogens is 1. The van der Waals surface area contributed by atoms with Crippen molar-refractivity contribution in [1.82, 2.24) is 9.88 Å². The van der Waals surface area contributed by atoms with E-state index in [1.54, 1.807) is 5.38 Å². The average Bonchev–Trinajstić information content (AvgIpc) is 3.34. The van der Waals surface area contributed by atoms with Gasteiger partial charge in [0, 0.05) is 30.2 Å². The second-order valence-corrected chi connectivity index (χ2v) is 10.2. The van der Waals surface area contributed by atoms with Crippen LogP contribution in [0.4, 0.5) is 10.8 Å². The van der Waals surface area contributed by atoms with Gasteiger partial charge >= 0.3 is 0 Å². The molecule has 0 spiro atoms. The predicted molar refractivity (Wildman–Crippen MR) is 115 cm³/mol. The van der Waals surface area contributed by atoms with E-state index >= 15 is 0 Å². The summed E-state index contributed by atoms with van der Waals surface area (Å²) < 4.78 is 27.1. The third kappa shape index (κ3) is 4.62. The summed E-state index contributed by atoms with van der Waals surface area (Å²) in [5, 5.41) is 4.60. The molecule has 0 bridgehead atoms. The largest absolute Gasteiger partial charge is 0.326 e. The Labute approximate surface area is 183 Å². The van der Waals surface area contributed by atoms with Gasteiger partial charge in [0.1, 0.15) is 0 Å². The number of fused-ring (bicyclic) bond motifs is 1. The number of anilines is 2. The summed E-state index contributed by atoms with van der Waals surface area (Å²) in [7, 11) is -3.77. The fraction of sp³-hybridized carbons (Fsp3) is 0.400. The highest BCUT2D eigenvalue weighted by Crippen LogP contribution is 2.38. The van der Waals surface area contributed by atoms with Crippen molar-refractivity contribution in [1.29, 1.82) is 0 Å². The molecule has 31 heavy (non-hydrogen) atoms. The molecule has 4 rings (SSSR count). The molecule has 2 atom stereocenters. The number of rotatable bonds is 7. The number of imide groups is 1. The third-order valence-electron chi connectivity index (χ3n) is 5.60. The minimum Gasteiger partial charge on any atom is -0.326 e. The highest BCUT2D eigenvalue weighted by molar-refractivity contribution is 7.93. The van der Waals surface area contributed by atoms with E-state index in [-0.39, 0.29) is 52.5 Å². The van der Waals surface area contributed by atoms with Crippen LogP contribution in [0.3, 0.4) is 0 Å². The molecule has 1 saturated heterocycles. The molecule has 2 N–H and O–H groups in total. The van der Waals surface area contributed by atoms with Crippen LogP contribution in [-0.2, 0) is 24.4 Å². The molecule has 2 aromatic rings. The van der Waals surface area contributed by atoms with Crippen LogP contribution in [0.2, 0.25) is 0 Å². The van der Waals surface area contributed by atoms with Gasteiger partial charge in [-0.05, 0) is 37.1 Å². The maximum absolute atomic E-state index is 12.5. The molecule has 164 valence electrons. The Morgan fingerprint density at radius 3 is 2.32 bits per heavy atom. The molecule has 1 aliphatic carbocycles. The van der Waals surface area contributed by atoms with Gasteiger partial charge in [0.05, 0.1) is 16.7 Å². The SMILES string of the molecule is O=C(CCN1C(=O)[C@@H]2CCCC[C@H]2C1=O)Nc1ccc(S(=O)(=O)Nc2nccs2)cc1. The summed E-state index contributed by atoms with van der Waals surface area (Å²) in [5.74, 6) is -1.13. The van der Waals surface area contributed by atoms with Crippen LogP contribution in [0.25, 0.3) is 0 Å². The van der Waals surface area contributed by atoms with E-state index < -0.39 is 10.0 Å². The summed E-state index contributed by atoms with van der Waals surface area (Å²) in [6, 6.07) is 5.72. The minimum absolute atomic E-state index is 0.0113. The molecule has 2 heterocycles. The van der Waals surface area contributed by atoms with Gasteiger partial charge in [-0.3, -0.25) is 24.0 Å². The maximum Gasteiger partial charge on any atom is 0.263 e. The van der Waals surface area contributed by atoms with E-state index in [1.807, 2.05) is 0 Å². The Morgan fingerprint density at radius 1 is 1.10 bits per heavy atom. The quantitative estimate of drug-likeness (QED) is 0.609. The smallest absolute Gasteiger partial charge is 0.263 e. The normalized spacial score (nSPS) is 21.1. The number of thiazole rings is 1. The number of nitrogens with zero attached hydrogens (tertiary/aromatic N) is 2. The summed E-state index contributed by atoms with van der Waals surface area (Å²) in [6.07, 6.45) is 4.88. The molecule has 2 aliphatic rings. The lowest BCUT2D eigenvalue weighted by Crippen LogP contribution is -2.34. The first-order chi connectivity index (χ1) is 14.8. The van der Waals surface area contributed by atoms with Crippen molar-refractivity contribution >= 4 is 49.9 Å². The number of hydrogen-bond acceptors (Lipinski definition) is 7. The van der Waals surface area contributed by atoms with Crippen molar-refractivity contribution in [3.8, 4) is 0 Å². The first-order valence-corrected chi connectivity index (χ1v) is 12.4.